The van der Waals surface area contributed by atoms with E-state index < -0.39 is 11.8 Å². The molecule has 0 radical (unpaired) electrons. The Labute approximate surface area is 215 Å². The second-order valence-corrected chi connectivity index (χ2v) is 8.53. The minimum Gasteiger partial charge on any atom is -0.493 e. The lowest BCUT2D eigenvalue weighted by Gasteiger charge is -2.29. The first-order valence-electron chi connectivity index (χ1n) is 10.2. The molecule has 0 spiro atoms. The fourth-order valence-electron chi connectivity index (χ4n) is 3.34. The van der Waals surface area contributed by atoms with Gasteiger partial charge in [0, 0.05) is 0 Å². The van der Waals surface area contributed by atoms with Crippen LogP contribution in [0.5, 0.6) is 11.5 Å². The number of carbonyl (C=O) groups excluding carboxylic acids is 2. The maximum Gasteiger partial charge on any atom is 0.270 e. The number of ether oxygens (including phenoxy) is 2. The Hall–Kier alpha value is -3.46. The van der Waals surface area contributed by atoms with E-state index in [4.69, 9.17) is 44.9 Å². The molecule has 35 heavy (non-hydrogen) atoms. The maximum atomic E-state index is 13.2. The zero-order valence-electron chi connectivity index (χ0n) is 18.2. The van der Waals surface area contributed by atoms with Gasteiger partial charge < -0.3 is 9.47 Å². The van der Waals surface area contributed by atoms with Gasteiger partial charge >= 0.3 is 0 Å². The van der Waals surface area contributed by atoms with Gasteiger partial charge in [-0.1, -0.05) is 47.5 Å². The number of rotatable bonds is 6. The number of thiocarbonyl (C=S) groups is 1. The lowest BCUT2D eigenvalue weighted by Crippen LogP contribution is -2.54. The van der Waals surface area contributed by atoms with Crippen LogP contribution in [0.25, 0.3) is 6.08 Å². The van der Waals surface area contributed by atoms with Crippen LogP contribution in [0.1, 0.15) is 11.1 Å². The number of amides is 2. The molecule has 3 aromatic carbocycles. The largest absolute Gasteiger partial charge is 0.493 e. The van der Waals surface area contributed by atoms with E-state index in [9.17, 15) is 14.0 Å². The van der Waals surface area contributed by atoms with Gasteiger partial charge in [-0.3, -0.25) is 19.8 Å². The SMILES string of the molecule is COc1cc(/C=C2\C(=O)NC(=S)N(c3cccc(Cl)c3Cl)C2=O)ccc1OCc1ccc(F)cc1. The van der Waals surface area contributed by atoms with Crippen molar-refractivity contribution in [2.75, 3.05) is 12.0 Å². The van der Waals surface area contributed by atoms with Gasteiger partial charge in [-0.15, -0.1) is 0 Å². The summed E-state index contributed by atoms with van der Waals surface area (Å²) in [4.78, 5) is 27.0. The van der Waals surface area contributed by atoms with Crippen molar-refractivity contribution < 1.29 is 23.5 Å². The van der Waals surface area contributed by atoms with Gasteiger partial charge in [0.05, 0.1) is 22.8 Å². The molecule has 1 N–H and O–H groups in total. The molecule has 4 rings (SSSR count). The Bertz CT molecular complexity index is 1360. The predicted molar refractivity (Wildman–Crippen MR) is 136 cm³/mol. The van der Waals surface area contributed by atoms with Crippen molar-refractivity contribution >= 4 is 64.1 Å². The van der Waals surface area contributed by atoms with Gasteiger partial charge in [-0.05, 0) is 65.8 Å². The third-order valence-corrected chi connectivity index (χ3v) is 6.17. The van der Waals surface area contributed by atoms with Gasteiger partial charge in [0.15, 0.2) is 16.6 Å². The molecule has 10 heteroatoms. The monoisotopic (exact) mass is 530 g/mol. The van der Waals surface area contributed by atoms with Crippen molar-refractivity contribution in [3.05, 3.63) is 93.2 Å². The van der Waals surface area contributed by atoms with Crippen LogP contribution in [-0.4, -0.2) is 24.0 Å². The van der Waals surface area contributed by atoms with Gasteiger partial charge in [0.1, 0.15) is 18.0 Å². The molecule has 1 aliphatic rings. The summed E-state index contributed by atoms with van der Waals surface area (Å²) in [6, 6.07) is 15.6. The number of hydrogen-bond acceptors (Lipinski definition) is 5. The normalized spacial score (nSPS) is 14.8. The van der Waals surface area contributed by atoms with Crippen LogP contribution in [0.2, 0.25) is 10.0 Å². The smallest absolute Gasteiger partial charge is 0.270 e. The average Bonchev–Trinajstić information content (AvgIpc) is 2.84. The molecule has 0 aromatic heterocycles. The fourth-order valence-corrected chi connectivity index (χ4v) is 4.00. The van der Waals surface area contributed by atoms with Crippen LogP contribution >= 0.6 is 35.4 Å². The number of hydrogen-bond donors (Lipinski definition) is 1. The first-order valence-corrected chi connectivity index (χ1v) is 11.4. The lowest BCUT2D eigenvalue weighted by atomic mass is 10.1. The van der Waals surface area contributed by atoms with Crippen LogP contribution in [-0.2, 0) is 16.2 Å². The minimum atomic E-state index is -0.654. The van der Waals surface area contributed by atoms with E-state index in [1.807, 2.05) is 0 Å². The van der Waals surface area contributed by atoms with Crippen molar-refractivity contribution in [3.63, 3.8) is 0 Å². The van der Waals surface area contributed by atoms with Gasteiger partial charge in [-0.25, -0.2) is 4.39 Å². The molecule has 0 saturated carbocycles. The molecule has 1 fully saturated rings. The van der Waals surface area contributed by atoms with Crippen molar-refractivity contribution in [1.82, 2.24) is 5.32 Å². The van der Waals surface area contributed by atoms with Crippen molar-refractivity contribution in [3.8, 4) is 11.5 Å². The summed E-state index contributed by atoms with van der Waals surface area (Å²) in [5.74, 6) is -0.812. The maximum absolute atomic E-state index is 13.2. The second-order valence-electron chi connectivity index (χ2n) is 7.36. The summed E-state index contributed by atoms with van der Waals surface area (Å²) < 4.78 is 24.3. The number of nitrogens with one attached hydrogen (secondary N) is 1. The third-order valence-electron chi connectivity index (χ3n) is 5.08. The van der Waals surface area contributed by atoms with Crippen LogP contribution in [0.3, 0.4) is 0 Å². The lowest BCUT2D eigenvalue weighted by molar-refractivity contribution is -0.122. The molecule has 2 amide bonds. The Morgan fingerprint density at radius 2 is 1.80 bits per heavy atom. The third kappa shape index (κ3) is 5.30. The van der Waals surface area contributed by atoms with Crippen LogP contribution in [0.4, 0.5) is 10.1 Å². The quantitative estimate of drug-likeness (QED) is 0.257. The summed E-state index contributed by atoms with van der Waals surface area (Å²) in [6.45, 7) is 0.199. The Morgan fingerprint density at radius 3 is 2.51 bits per heavy atom. The zero-order valence-corrected chi connectivity index (χ0v) is 20.5. The van der Waals surface area contributed by atoms with E-state index in [-0.39, 0.29) is 38.8 Å². The number of nitrogens with zero attached hydrogens (tertiary/aromatic N) is 1. The minimum absolute atomic E-state index is 0.108. The predicted octanol–water partition coefficient (Wildman–Crippen LogP) is 5.55. The molecule has 1 saturated heterocycles. The highest BCUT2D eigenvalue weighted by Crippen LogP contribution is 2.35. The van der Waals surface area contributed by atoms with Crippen LogP contribution < -0.4 is 19.7 Å². The second kappa shape index (κ2) is 10.4. The fraction of sp³-hybridized carbons (Fsp3) is 0.0800. The molecular weight excluding hydrogens is 514 g/mol. The summed E-state index contributed by atoms with van der Waals surface area (Å²) in [6.07, 6.45) is 1.41. The molecular formula is C25H17Cl2FN2O4S. The topological polar surface area (TPSA) is 67.9 Å². The van der Waals surface area contributed by atoms with Gasteiger partial charge in [0.2, 0.25) is 0 Å². The van der Waals surface area contributed by atoms with Gasteiger partial charge in [-0.2, -0.15) is 0 Å². The Kier molecular flexibility index (Phi) is 7.35. The summed E-state index contributed by atoms with van der Waals surface area (Å²) in [5, 5.41) is 2.76. The number of anilines is 1. The number of carbonyl (C=O) groups is 2. The molecule has 178 valence electrons. The summed E-state index contributed by atoms with van der Waals surface area (Å²) >= 11 is 17.6. The molecule has 0 atom stereocenters. The van der Waals surface area contributed by atoms with E-state index in [1.54, 1.807) is 48.5 Å². The van der Waals surface area contributed by atoms with E-state index in [0.29, 0.717) is 17.1 Å². The van der Waals surface area contributed by atoms with Crippen molar-refractivity contribution in [2.45, 2.75) is 6.61 Å². The summed E-state index contributed by atoms with van der Waals surface area (Å²) in [7, 11) is 1.47. The first-order chi connectivity index (χ1) is 16.8. The van der Waals surface area contributed by atoms with Crippen LogP contribution in [0, 0.1) is 5.82 Å². The zero-order chi connectivity index (χ0) is 25.1. The highest BCUT2D eigenvalue weighted by Gasteiger charge is 2.35. The Morgan fingerprint density at radius 1 is 1.06 bits per heavy atom. The molecule has 0 aliphatic carbocycles. The number of halogens is 3. The van der Waals surface area contributed by atoms with Crippen LogP contribution in [0.15, 0.2) is 66.2 Å². The number of benzene rings is 3. The molecule has 6 nitrogen and oxygen atoms in total. The first kappa shape index (κ1) is 24.7. The Balaban J connectivity index is 1.61. The van der Waals surface area contributed by atoms with Crippen molar-refractivity contribution in [2.24, 2.45) is 0 Å². The standard InChI is InChI=1S/C25H17Cl2FN2O4S/c1-33-21-12-15(7-10-20(21)34-13-14-5-8-16(28)9-6-14)11-17-23(31)29-25(35)30(24(17)32)19-4-2-3-18(26)22(19)27/h2-12H,13H2,1H3,(H,29,31,35)/b17-11+. The van der Waals surface area contributed by atoms with Crippen molar-refractivity contribution in [1.29, 1.82) is 0 Å². The molecule has 0 bridgehead atoms. The summed E-state index contributed by atoms with van der Waals surface area (Å²) in [5.41, 5.74) is 1.39. The average molecular weight is 531 g/mol. The van der Waals surface area contributed by atoms with E-state index in [0.717, 1.165) is 10.5 Å². The molecule has 1 heterocycles. The number of methoxy groups -OCH3 is 1. The highest BCUT2D eigenvalue weighted by atomic mass is 35.5. The highest BCUT2D eigenvalue weighted by molar-refractivity contribution is 7.80. The molecule has 3 aromatic rings. The van der Waals surface area contributed by atoms with E-state index >= 15 is 0 Å². The van der Waals surface area contributed by atoms with Gasteiger partial charge in [0.25, 0.3) is 11.8 Å². The molecule has 1 aliphatic heterocycles. The van der Waals surface area contributed by atoms with E-state index in [1.165, 1.54) is 25.3 Å². The molecule has 0 unspecified atom stereocenters. The van der Waals surface area contributed by atoms with E-state index in [2.05, 4.69) is 5.32 Å².